The molecule has 0 amide bonds. The molecule has 0 aromatic heterocycles. The fourth-order valence-corrected chi connectivity index (χ4v) is 1.65. The molecule has 0 heterocycles. The third-order valence-corrected chi connectivity index (χ3v) is 3.24. The Morgan fingerprint density at radius 2 is 1.32 bits per heavy atom. The first-order chi connectivity index (χ1) is 11.0. The van der Waals surface area contributed by atoms with Crippen molar-refractivity contribution in [2.75, 3.05) is 0 Å². The SMILES string of the molecule is CC(C)(C)c1ccc(OC(=O)C(F)(F)C(F)(F)C(F)(F)C(=O)O)cc1. The molecule has 140 valence electrons. The number of benzene rings is 1. The van der Waals surface area contributed by atoms with Crippen LogP contribution in [0.1, 0.15) is 26.3 Å². The summed E-state index contributed by atoms with van der Waals surface area (Å²) >= 11 is 0. The normalized spacial score (nSPS) is 13.5. The number of carboxylic acid groups (broad SMARTS) is 1. The van der Waals surface area contributed by atoms with Crippen molar-refractivity contribution in [3.63, 3.8) is 0 Å². The summed E-state index contributed by atoms with van der Waals surface area (Å²) < 4.78 is 83.1. The van der Waals surface area contributed by atoms with Gasteiger partial charge in [-0.25, -0.2) is 9.59 Å². The Morgan fingerprint density at radius 3 is 1.68 bits per heavy atom. The number of carbonyl (C=O) groups is 2. The van der Waals surface area contributed by atoms with Crippen LogP contribution >= 0.6 is 0 Å². The molecular formula is C15H14F6O4. The summed E-state index contributed by atoms with van der Waals surface area (Å²) in [6, 6.07) is 4.76. The van der Waals surface area contributed by atoms with E-state index in [1.54, 1.807) is 0 Å². The number of carbonyl (C=O) groups excluding carboxylic acids is 1. The molecule has 0 aliphatic carbocycles. The second kappa shape index (κ2) is 6.23. The number of ether oxygens (including phenoxy) is 1. The van der Waals surface area contributed by atoms with E-state index in [0.29, 0.717) is 5.56 Å². The number of esters is 1. The zero-order valence-electron chi connectivity index (χ0n) is 13.2. The van der Waals surface area contributed by atoms with Crippen molar-refractivity contribution in [2.45, 2.75) is 44.0 Å². The molecule has 25 heavy (non-hydrogen) atoms. The summed E-state index contributed by atoms with van der Waals surface area (Å²) in [5.41, 5.74) is 0.352. The standard InChI is InChI=1S/C15H14F6O4/c1-12(2,3)8-4-6-9(7-5-8)25-11(24)14(18,19)15(20,21)13(16,17)10(22)23/h4-7H,1-3H3,(H,22,23). The molecule has 0 unspecified atom stereocenters. The third-order valence-electron chi connectivity index (χ3n) is 3.24. The highest BCUT2D eigenvalue weighted by atomic mass is 19.3. The molecule has 0 aliphatic heterocycles. The van der Waals surface area contributed by atoms with Gasteiger partial charge in [-0.3, -0.25) is 0 Å². The Balaban J connectivity index is 3.08. The molecule has 1 N–H and O–H groups in total. The minimum Gasteiger partial charge on any atom is -0.477 e. The van der Waals surface area contributed by atoms with Crippen molar-refractivity contribution in [2.24, 2.45) is 0 Å². The van der Waals surface area contributed by atoms with Crippen LogP contribution in [0, 0.1) is 0 Å². The maximum absolute atomic E-state index is 13.4. The van der Waals surface area contributed by atoms with E-state index in [1.807, 2.05) is 20.8 Å². The summed E-state index contributed by atoms with van der Waals surface area (Å²) in [7, 11) is 0. The van der Waals surface area contributed by atoms with E-state index in [-0.39, 0.29) is 5.41 Å². The van der Waals surface area contributed by atoms with Crippen LogP contribution in [0.15, 0.2) is 24.3 Å². The monoisotopic (exact) mass is 372 g/mol. The Labute approximate surface area is 138 Å². The second-order valence-corrected chi connectivity index (χ2v) is 6.19. The molecule has 1 aromatic rings. The van der Waals surface area contributed by atoms with Crippen molar-refractivity contribution in [1.82, 2.24) is 0 Å². The highest BCUT2D eigenvalue weighted by Gasteiger charge is 2.79. The van der Waals surface area contributed by atoms with Gasteiger partial charge in [0.2, 0.25) is 0 Å². The summed E-state index contributed by atoms with van der Waals surface area (Å²) in [5, 5.41) is 8.00. The minimum absolute atomic E-state index is 0.344. The van der Waals surface area contributed by atoms with E-state index < -0.39 is 35.5 Å². The molecule has 0 saturated carbocycles. The lowest BCUT2D eigenvalue weighted by molar-refractivity contribution is -0.297. The van der Waals surface area contributed by atoms with Crippen molar-refractivity contribution >= 4 is 11.9 Å². The summed E-state index contributed by atoms with van der Waals surface area (Å²) in [4.78, 5) is 21.4. The number of rotatable bonds is 5. The van der Waals surface area contributed by atoms with Gasteiger partial charge in [-0.1, -0.05) is 32.9 Å². The number of halogens is 6. The molecule has 0 fully saturated rings. The van der Waals surface area contributed by atoms with Gasteiger partial charge in [0.05, 0.1) is 0 Å². The topological polar surface area (TPSA) is 63.6 Å². The second-order valence-electron chi connectivity index (χ2n) is 6.19. The first-order valence-electron chi connectivity index (χ1n) is 6.75. The van der Waals surface area contributed by atoms with Gasteiger partial charge in [0.15, 0.2) is 0 Å². The lowest BCUT2D eigenvalue weighted by Gasteiger charge is -2.28. The predicted octanol–water partition coefficient (Wildman–Crippen LogP) is 3.88. The summed E-state index contributed by atoms with van der Waals surface area (Å²) in [6.07, 6.45) is 0. The predicted molar refractivity (Wildman–Crippen MR) is 73.3 cm³/mol. The molecule has 10 heteroatoms. The van der Waals surface area contributed by atoms with Crippen LogP contribution in [0.4, 0.5) is 26.3 Å². The molecular weight excluding hydrogens is 358 g/mol. The van der Waals surface area contributed by atoms with Crippen LogP contribution in [0.5, 0.6) is 5.75 Å². The van der Waals surface area contributed by atoms with Crippen molar-refractivity contribution in [3.8, 4) is 5.75 Å². The number of aliphatic carboxylic acids is 1. The smallest absolute Gasteiger partial charge is 0.411 e. The molecule has 0 aliphatic rings. The molecule has 0 spiro atoms. The van der Waals surface area contributed by atoms with Crippen LogP contribution in [-0.4, -0.2) is 34.8 Å². The summed E-state index contributed by atoms with van der Waals surface area (Å²) in [6.45, 7) is 5.45. The van der Waals surface area contributed by atoms with Crippen molar-refractivity contribution in [1.29, 1.82) is 0 Å². The average molecular weight is 372 g/mol. The van der Waals surface area contributed by atoms with E-state index in [2.05, 4.69) is 4.74 Å². The van der Waals surface area contributed by atoms with Crippen LogP contribution in [0.3, 0.4) is 0 Å². The fraction of sp³-hybridized carbons (Fsp3) is 0.467. The Morgan fingerprint density at radius 1 is 0.880 bits per heavy atom. The maximum Gasteiger partial charge on any atom is 0.411 e. The lowest BCUT2D eigenvalue weighted by atomic mass is 9.87. The number of alkyl halides is 6. The molecule has 4 nitrogen and oxygen atoms in total. The Bertz CT molecular complexity index is 662. The summed E-state index contributed by atoms with van der Waals surface area (Å²) in [5.74, 6) is -25.8. The highest BCUT2D eigenvalue weighted by Crippen LogP contribution is 2.46. The number of hydrogen-bond donors (Lipinski definition) is 1. The van der Waals surface area contributed by atoms with E-state index in [9.17, 15) is 35.9 Å². The van der Waals surface area contributed by atoms with E-state index >= 15 is 0 Å². The van der Waals surface area contributed by atoms with Crippen molar-refractivity contribution < 1.29 is 45.8 Å². The number of carboxylic acids is 1. The molecule has 1 aromatic carbocycles. The largest absolute Gasteiger partial charge is 0.477 e. The highest BCUT2D eigenvalue weighted by molar-refractivity contribution is 5.85. The molecule has 0 radical (unpaired) electrons. The van der Waals surface area contributed by atoms with Crippen LogP contribution in [0.25, 0.3) is 0 Å². The first-order valence-corrected chi connectivity index (χ1v) is 6.75. The van der Waals surface area contributed by atoms with Crippen LogP contribution < -0.4 is 4.74 Å². The molecule has 0 atom stereocenters. The van der Waals surface area contributed by atoms with E-state index in [4.69, 9.17) is 5.11 Å². The molecule has 0 bridgehead atoms. The quantitative estimate of drug-likeness (QED) is 0.484. The number of hydrogen-bond acceptors (Lipinski definition) is 3. The average Bonchev–Trinajstić information content (AvgIpc) is 2.46. The van der Waals surface area contributed by atoms with Gasteiger partial charge >= 0.3 is 29.7 Å². The minimum atomic E-state index is -6.49. The molecule has 1 rings (SSSR count). The van der Waals surface area contributed by atoms with E-state index in [1.165, 1.54) is 12.1 Å². The zero-order chi connectivity index (χ0) is 19.8. The van der Waals surface area contributed by atoms with Gasteiger partial charge in [-0.2, -0.15) is 26.3 Å². The van der Waals surface area contributed by atoms with Gasteiger partial charge in [0.1, 0.15) is 5.75 Å². The van der Waals surface area contributed by atoms with Gasteiger partial charge < -0.3 is 9.84 Å². The van der Waals surface area contributed by atoms with Gasteiger partial charge in [0.25, 0.3) is 0 Å². The van der Waals surface area contributed by atoms with Crippen LogP contribution in [0.2, 0.25) is 0 Å². The van der Waals surface area contributed by atoms with Crippen LogP contribution in [-0.2, 0) is 15.0 Å². The third kappa shape index (κ3) is 3.72. The Kier molecular flexibility index (Phi) is 5.18. The molecule has 0 saturated heterocycles. The fourth-order valence-electron chi connectivity index (χ4n) is 1.65. The lowest BCUT2D eigenvalue weighted by Crippen LogP contribution is -2.61. The maximum atomic E-state index is 13.4. The van der Waals surface area contributed by atoms with Gasteiger partial charge in [-0.05, 0) is 23.1 Å². The van der Waals surface area contributed by atoms with E-state index in [0.717, 1.165) is 12.1 Å². The first kappa shape index (κ1) is 20.8. The van der Waals surface area contributed by atoms with Crippen molar-refractivity contribution in [3.05, 3.63) is 29.8 Å². The van der Waals surface area contributed by atoms with Gasteiger partial charge in [-0.15, -0.1) is 0 Å². The van der Waals surface area contributed by atoms with Gasteiger partial charge in [0, 0.05) is 0 Å². The zero-order valence-corrected chi connectivity index (χ0v) is 13.2. The Hall–Kier alpha value is -2.26.